The number of nitrogens with two attached hydrogens (primary N) is 1. The van der Waals surface area contributed by atoms with Crippen molar-refractivity contribution >= 4 is 31.3 Å². The second-order valence-electron chi connectivity index (χ2n) is 4.80. The lowest BCUT2D eigenvalue weighted by molar-refractivity contribution is -0.122. The van der Waals surface area contributed by atoms with E-state index in [0.717, 1.165) is 13.0 Å². The van der Waals surface area contributed by atoms with E-state index in [1.165, 1.54) is 24.3 Å². The van der Waals surface area contributed by atoms with Gasteiger partial charge in [-0.1, -0.05) is 9.39 Å². The molecule has 1 fully saturated rings. The van der Waals surface area contributed by atoms with E-state index in [2.05, 4.69) is 14.2 Å². The third kappa shape index (κ3) is 3.61. The number of sulfonamides is 1. The van der Waals surface area contributed by atoms with E-state index in [-0.39, 0.29) is 10.5 Å². The van der Waals surface area contributed by atoms with Gasteiger partial charge in [0.2, 0.25) is 0 Å². The third-order valence-corrected chi connectivity index (χ3v) is 5.32. The quantitative estimate of drug-likeness (QED) is 0.572. The Hall–Kier alpha value is -1.54. The van der Waals surface area contributed by atoms with Crippen molar-refractivity contribution in [2.45, 2.75) is 23.8 Å². The van der Waals surface area contributed by atoms with Crippen LogP contribution in [0.2, 0.25) is 0 Å². The van der Waals surface area contributed by atoms with E-state index >= 15 is 0 Å². The van der Waals surface area contributed by atoms with Crippen LogP contribution in [0.25, 0.3) is 0 Å². The Morgan fingerprint density at radius 1 is 1.32 bits per heavy atom. The summed E-state index contributed by atoms with van der Waals surface area (Å²) in [5.41, 5.74) is 0.111. The molecule has 0 spiro atoms. The molecule has 0 aliphatic carbocycles. The summed E-state index contributed by atoms with van der Waals surface area (Å²) in [5.74, 6) is 3.39. The zero-order valence-corrected chi connectivity index (χ0v) is 13.5. The predicted molar refractivity (Wildman–Crippen MR) is 80.8 cm³/mol. The fraction of sp³-hybridized carbons (Fsp3) is 0.333. The van der Waals surface area contributed by atoms with Gasteiger partial charge in [-0.2, -0.15) is 5.90 Å². The van der Waals surface area contributed by atoms with Crippen LogP contribution >= 0.6 is 9.39 Å². The molecule has 0 saturated carbocycles. The SMILES string of the molecule is NOC(=O)c1ccc(S(=O)(=O)NC(=O)[C@@H]2CCCN2P)cc1. The van der Waals surface area contributed by atoms with E-state index in [4.69, 9.17) is 5.90 Å². The second kappa shape index (κ2) is 6.70. The fourth-order valence-electron chi connectivity index (χ4n) is 2.17. The summed E-state index contributed by atoms with van der Waals surface area (Å²) in [6, 6.07) is 4.44. The summed E-state index contributed by atoms with van der Waals surface area (Å²) in [5, 5.41) is 0. The lowest BCUT2D eigenvalue weighted by Crippen LogP contribution is -2.42. The minimum atomic E-state index is -3.99. The number of nitrogens with one attached hydrogen (secondary N) is 1. The Balaban J connectivity index is 2.13. The molecule has 0 radical (unpaired) electrons. The van der Waals surface area contributed by atoms with Gasteiger partial charge < -0.3 is 4.84 Å². The molecular formula is C12H16N3O5PS. The fourth-order valence-corrected chi connectivity index (χ4v) is 3.65. The maximum atomic E-state index is 12.2. The molecule has 2 atom stereocenters. The van der Waals surface area contributed by atoms with E-state index in [1.807, 2.05) is 4.72 Å². The van der Waals surface area contributed by atoms with Crippen LogP contribution in [0.5, 0.6) is 0 Å². The normalized spacial score (nSPS) is 18.9. The number of hydrogen-bond donors (Lipinski definition) is 2. The highest BCUT2D eigenvalue weighted by Crippen LogP contribution is 2.21. The van der Waals surface area contributed by atoms with Crippen molar-refractivity contribution in [3.05, 3.63) is 29.8 Å². The molecule has 1 aromatic rings. The van der Waals surface area contributed by atoms with Crippen LogP contribution in [0, 0.1) is 0 Å². The van der Waals surface area contributed by atoms with Gasteiger partial charge in [-0.15, -0.1) is 0 Å². The lowest BCUT2D eigenvalue weighted by Gasteiger charge is -2.18. The lowest BCUT2D eigenvalue weighted by atomic mass is 10.2. The number of nitrogens with zero attached hydrogens (tertiary/aromatic N) is 1. The summed E-state index contributed by atoms with van der Waals surface area (Å²) < 4.78 is 28.1. The molecule has 1 aliphatic heterocycles. The van der Waals surface area contributed by atoms with Gasteiger partial charge in [0.15, 0.2) is 0 Å². The molecule has 10 heteroatoms. The standard InChI is InChI=1S/C12H16N3O5PS/c13-20-12(17)8-3-5-9(6-4-8)22(18,19)14-11(16)10-2-1-7-15(10)21/h3-6,10H,1-2,7,13,21H2,(H,14,16)/t10-/m0/s1. The van der Waals surface area contributed by atoms with Gasteiger partial charge in [0.25, 0.3) is 15.9 Å². The average molecular weight is 345 g/mol. The number of carbonyl (C=O) groups excluding carboxylic acids is 2. The van der Waals surface area contributed by atoms with Gasteiger partial charge in [-0.05, 0) is 37.1 Å². The van der Waals surface area contributed by atoms with Crippen molar-refractivity contribution < 1.29 is 22.8 Å². The van der Waals surface area contributed by atoms with Gasteiger partial charge in [0.05, 0.1) is 16.5 Å². The molecule has 1 heterocycles. The third-order valence-electron chi connectivity index (χ3n) is 3.34. The van der Waals surface area contributed by atoms with Gasteiger partial charge in [-0.25, -0.2) is 17.9 Å². The minimum Gasteiger partial charge on any atom is -0.370 e. The number of rotatable bonds is 4. The van der Waals surface area contributed by atoms with Crippen LogP contribution in [-0.2, 0) is 19.7 Å². The number of hydrogen-bond acceptors (Lipinski definition) is 7. The molecule has 1 saturated heterocycles. The van der Waals surface area contributed by atoms with E-state index in [9.17, 15) is 18.0 Å². The maximum absolute atomic E-state index is 12.2. The van der Waals surface area contributed by atoms with Crippen LogP contribution < -0.4 is 10.6 Å². The van der Waals surface area contributed by atoms with E-state index < -0.39 is 27.9 Å². The zero-order chi connectivity index (χ0) is 16.3. The highest BCUT2D eigenvalue weighted by molar-refractivity contribution is 7.90. The minimum absolute atomic E-state index is 0.111. The summed E-state index contributed by atoms with van der Waals surface area (Å²) in [7, 11) is -1.57. The van der Waals surface area contributed by atoms with E-state index in [1.54, 1.807) is 4.67 Å². The van der Waals surface area contributed by atoms with Gasteiger partial charge >= 0.3 is 5.97 Å². The molecule has 0 aromatic heterocycles. The number of benzene rings is 1. The van der Waals surface area contributed by atoms with Crippen molar-refractivity contribution in [3.8, 4) is 0 Å². The first kappa shape index (κ1) is 16.8. The topological polar surface area (TPSA) is 119 Å². The first-order valence-electron chi connectivity index (χ1n) is 6.44. The monoisotopic (exact) mass is 345 g/mol. The molecule has 1 aromatic carbocycles. The summed E-state index contributed by atoms with van der Waals surface area (Å²) in [6.45, 7) is 0.721. The van der Waals surface area contributed by atoms with Crippen molar-refractivity contribution in [2.75, 3.05) is 6.54 Å². The molecule has 1 unspecified atom stereocenters. The smallest absolute Gasteiger partial charge is 0.356 e. The zero-order valence-electron chi connectivity index (χ0n) is 11.6. The maximum Gasteiger partial charge on any atom is 0.356 e. The number of amides is 1. The van der Waals surface area contributed by atoms with Crippen LogP contribution in [0.15, 0.2) is 29.2 Å². The van der Waals surface area contributed by atoms with Crippen LogP contribution in [0.3, 0.4) is 0 Å². The van der Waals surface area contributed by atoms with Gasteiger partial charge in [-0.3, -0.25) is 9.46 Å². The van der Waals surface area contributed by atoms with Crippen LogP contribution in [0.4, 0.5) is 0 Å². The molecule has 0 bridgehead atoms. The van der Waals surface area contributed by atoms with Crippen LogP contribution in [-0.4, -0.2) is 37.6 Å². The highest BCUT2D eigenvalue weighted by atomic mass is 32.2. The molecule has 1 amide bonds. The van der Waals surface area contributed by atoms with Gasteiger partial charge in [0.1, 0.15) is 0 Å². The Labute approximate surface area is 130 Å². The average Bonchev–Trinajstić information content (AvgIpc) is 2.92. The summed E-state index contributed by atoms with van der Waals surface area (Å²) >= 11 is 0. The molecule has 3 N–H and O–H groups in total. The van der Waals surface area contributed by atoms with Crippen molar-refractivity contribution in [2.24, 2.45) is 5.90 Å². The molecular weight excluding hydrogens is 329 g/mol. The largest absolute Gasteiger partial charge is 0.370 e. The Morgan fingerprint density at radius 2 is 1.95 bits per heavy atom. The molecule has 1 aliphatic rings. The molecule has 8 nitrogen and oxygen atoms in total. The summed E-state index contributed by atoms with van der Waals surface area (Å²) in [6.07, 6.45) is 1.43. The Morgan fingerprint density at radius 3 is 2.45 bits per heavy atom. The predicted octanol–water partition coefficient (Wildman–Crippen LogP) is -0.224. The molecule has 120 valence electrons. The van der Waals surface area contributed by atoms with Crippen LogP contribution in [0.1, 0.15) is 23.2 Å². The van der Waals surface area contributed by atoms with Crippen molar-refractivity contribution in [3.63, 3.8) is 0 Å². The van der Waals surface area contributed by atoms with Gasteiger partial charge in [0, 0.05) is 6.54 Å². The first-order chi connectivity index (χ1) is 10.3. The molecule has 2 rings (SSSR count). The second-order valence-corrected chi connectivity index (χ2v) is 7.14. The van der Waals surface area contributed by atoms with Crippen molar-refractivity contribution in [1.82, 2.24) is 9.39 Å². The first-order valence-corrected chi connectivity index (χ1v) is 8.44. The Kier molecular flexibility index (Phi) is 5.12. The number of carbonyl (C=O) groups is 2. The summed E-state index contributed by atoms with van der Waals surface area (Å²) in [4.78, 5) is 27.1. The Bertz CT molecular complexity index is 677. The van der Waals surface area contributed by atoms with E-state index in [0.29, 0.717) is 6.42 Å². The highest BCUT2D eigenvalue weighted by Gasteiger charge is 2.31. The van der Waals surface area contributed by atoms with Crippen molar-refractivity contribution in [1.29, 1.82) is 0 Å². The molecule has 22 heavy (non-hydrogen) atoms.